The van der Waals surface area contributed by atoms with E-state index in [0.717, 1.165) is 28.5 Å². The minimum Gasteiger partial charge on any atom is -0.508 e. The Hall–Kier alpha value is -3.28. The lowest BCUT2D eigenvalue weighted by molar-refractivity contribution is -0.131. The van der Waals surface area contributed by atoms with Crippen LogP contribution in [0.25, 0.3) is 6.08 Å². The third-order valence-corrected chi connectivity index (χ3v) is 4.90. The molecule has 0 heterocycles. The molecule has 0 fully saturated rings. The highest BCUT2D eigenvalue weighted by molar-refractivity contribution is 5.95. The maximum atomic E-state index is 12.7. The van der Waals surface area contributed by atoms with E-state index in [1.807, 2.05) is 33.8 Å². The average molecular weight is 411 g/mol. The topological polar surface area (TPSA) is 95.9 Å². The van der Waals surface area contributed by atoms with E-state index >= 15 is 0 Å². The van der Waals surface area contributed by atoms with Crippen molar-refractivity contribution in [3.8, 4) is 11.5 Å². The fourth-order valence-corrected chi connectivity index (χ4v) is 2.89. The summed E-state index contributed by atoms with van der Waals surface area (Å²) in [5, 5.41) is 21.3. The molecular weight excluding hydrogens is 382 g/mol. The van der Waals surface area contributed by atoms with E-state index in [-0.39, 0.29) is 11.7 Å². The van der Waals surface area contributed by atoms with Crippen molar-refractivity contribution >= 4 is 23.6 Å². The number of phenols is 1. The summed E-state index contributed by atoms with van der Waals surface area (Å²) in [4.78, 5) is 23.2. The van der Waals surface area contributed by atoms with Crippen molar-refractivity contribution in [1.29, 1.82) is 0 Å². The van der Waals surface area contributed by atoms with Gasteiger partial charge in [-0.05, 0) is 73.7 Å². The lowest BCUT2D eigenvalue weighted by Crippen LogP contribution is -2.31. The second kappa shape index (κ2) is 9.96. The van der Waals surface area contributed by atoms with Crippen molar-refractivity contribution < 1.29 is 24.5 Å². The molecule has 0 aromatic heterocycles. The molecule has 0 spiro atoms. The Bertz CT molecular complexity index is 929. The number of hydrogen-bond donors (Lipinski definition) is 3. The Morgan fingerprint density at radius 3 is 2.40 bits per heavy atom. The second-order valence-corrected chi connectivity index (χ2v) is 7.99. The fraction of sp³-hybridized carbons (Fsp3) is 0.333. The van der Waals surface area contributed by atoms with Gasteiger partial charge in [0.05, 0.1) is 6.61 Å². The number of carbonyl (C=O) groups excluding carboxylic acids is 1. The number of amides is 1. The van der Waals surface area contributed by atoms with Crippen molar-refractivity contribution in [2.45, 2.75) is 40.5 Å². The van der Waals surface area contributed by atoms with Crippen LogP contribution >= 0.6 is 0 Å². The van der Waals surface area contributed by atoms with Crippen LogP contribution in [0.15, 0.2) is 42.5 Å². The predicted molar refractivity (Wildman–Crippen MR) is 118 cm³/mol. The molecule has 1 amide bonds. The summed E-state index contributed by atoms with van der Waals surface area (Å²) in [5.41, 5.74) is 2.46. The number of nitrogens with one attached hydrogen (secondary N) is 1. The first-order chi connectivity index (χ1) is 14.1. The molecule has 3 N–H and O–H groups in total. The zero-order chi connectivity index (χ0) is 22.3. The molecule has 2 aromatic carbocycles. The SMILES string of the molecule is Cc1cc(OCCCC(C)(C)C(=O)Nc2ccc(/C=C/C(=O)O)cc2)c(C)cc1O. The number of carbonyl (C=O) groups is 2. The van der Waals surface area contributed by atoms with Crippen molar-refractivity contribution in [2.75, 3.05) is 11.9 Å². The number of hydrogen-bond acceptors (Lipinski definition) is 4. The highest BCUT2D eigenvalue weighted by Gasteiger charge is 2.27. The van der Waals surface area contributed by atoms with Gasteiger partial charge in [-0.3, -0.25) is 4.79 Å². The molecule has 30 heavy (non-hydrogen) atoms. The Kier molecular flexibility index (Phi) is 7.64. The number of anilines is 1. The van der Waals surface area contributed by atoms with Crippen molar-refractivity contribution in [3.63, 3.8) is 0 Å². The molecular formula is C24H29NO5. The minimum absolute atomic E-state index is 0.0898. The van der Waals surface area contributed by atoms with Gasteiger partial charge in [-0.1, -0.05) is 26.0 Å². The van der Waals surface area contributed by atoms with E-state index in [9.17, 15) is 14.7 Å². The van der Waals surface area contributed by atoms with Crippen LogP contribution < -0.4 is 10.1 Å². The monoisotopic (exact) mass is 411 g/mol. The van der Waals surface area contributed by atoms with E-state index < -0.39 is 11.4 Å². The van der Waals surface area contributed by atoms with Gasteiger partial charge in [0.1, 0.15) is 11.5 Å². The first-order valence-electron chi connectivity index (χ1n) is 9.84. The quantitative estimate of drug-likeness (QED) is 0.402. The van der Waals surface area contributed by atoms with Crippen molar-refractivity contribution in [1.82, 2.24) is 0 Å². The summed E-state index contributed by atoms with van der Waals surface area (Å²) in [6.45, 7) is 7.97. The van der Waals surface area contributed by atoms with Crippen LogP contribution in [-0.4, -0.2) is 28.7 Å². The second-order valence-electron chi connectivity index (χ2n) is 7.99. The summed E-state index contributed by atoms with van der Waals surface area (Å²) in [5.74, 6) is -0.102. The molecule has 0 unspecified atom stereocenters. The molecule has 2 aromatic rings. The maximum absolute atomic E-state index is 12.7. The number of carboxylic acids is 1. The first-order valence-corrected chi connectivity index (χ1v) is 9.84. The fourth-order valence-electron chi connectivity index (χ4n) is 2.89. The van der Waals surface area contributed by atoms with Crippen LogP contribution in [0.4, 0.5) is 5.69 Å². The smallest absolute Gasteiger partial charge is 0.328 e. The summed E-state index contributed by atoms with van der Waals surface area (Å²) < 4.78 is 5.83. The Morgan fingerprint density at radius 2 is 1.77 bits per heavy atom. The van der Waals surface area contributed by atoms with Crippen LogP contribution in [0, 0.1) is 19.3 Å². The van der Waals surface area contributed by atoms with E-state index in [1.165, 1.54) is 6.08 Å². The van der Waals surface area contributed by atoms with Gasteiger partial charge in [0.25, 0.3) is 0 Å². The van der Waals surface area contributed by atoms with E-state index in [0.29, 0.717) is 25.1 Å². The lowest BCUT2D eigenvalue weighted by Gasteiger charge is -2.23. The van der Waals surface area contributed by atoms with E-state index in [1.54, 1.807) is 30.3 Å². The average Bonchev–Trinajstić information content (AvgIpc) is 2.68. The van der Waals surface area contributed by atoms with Gasteiger partial charge in [0.15, 0.2) is 0 Å². The first kappa shape index (κ1) is 23.0. The van der Waals surface area contributed by atoms with Crippen LogP contribution in [0.2, 0.25) is 0 Å². The number of carboxylic acid groups (broad SMARTS) is 1. The molecule has 0 radical (unpaired) electrons. The molecule has 0 aliphatic carbocycles. The molecule has 0 saturated heterocycles. The van der Waals surface area contributed by atoms with Gasteiger partial charge in [-0.25, -0.2) is 4.79 Å². The number of rotatable bonds is 9. The number of aromatic hydroxyl groups is 1. The molecule has 6 heteroatoms. The third-order valence-electron chi connectivity index (χ3n) is 4.90. The van der Waals surface area contributed by atoms with Crippen molar-refractivity contribution in [2.24, 2.45) is 5.41 Å². The standard InChI is InChI=1S/C24H29NO5/c1-16-15-21(17(2)14-20(16)26)30-13-5-12-24(3,4)23(29)25-19-9-6-18(7-10-19)8-11-22(27)28/h6-11,14-15,26H,5,12-13H2,1-4H3,(H,25,29)(H,27,28)/b11-8+. The summed E-state index contributed by atoms with van der Waals surface area (Å²) in [6, 6.07) is 10.5. The van der Waals surface area contributed by atoms with Gasteiger partial charge in [-0.2, -0.15) is 0 Å². The number of aliphatic carboxylic acids is 1. The predicted octanol–water partition coefficient (Wildman–Crippen LogP) is 4.93. The third kappa shape index (κ3) is 6.65. The van der Waals surface area contributed by atoms with Gasteiger partial charge in [0.2, 0.25) is 5.91 Å². The molecule has 0 aliphatic heterocycles. The van der Waals surface area contributed by atoms with Gasteiger partial charge >= 0.3 is 5.97 Å². The number of phenolic OH excluding ortho intramolecular Hbond substituents is 1. The van der Waals surface area contributed by atoms with Crippen molar-refractivity contribution in [3.05, 3.63) is 59.2 Å². The molecule has 6 nitrogen and oxygen atoms in total. The van der Waals surface area contributed by atoms with Crippen LogP contribution in [0.5, 0.6) is 11.5 Å². The highest BCUT2D eigenvalue weighted by Crippen LogP contribution is 2.28. The van der Waals surface area contributed by atoms with E-state index in [4.69, 9.17) is 9.84 Å². The summed E-state index contributed by atoms with van der Waals surface area (Å²) in [6.07, 6.45) is 3.92. The zero-order valence-electron chi connectivity index (χ0n) is 17.9. The number of aryl methyl sites for hydroxylation is 2. The molecule has 2 rings (SSSR count). The Labute approximate surface area is 177 Å². The molecule has 0 bridgehead atoms. The largest absolute Gasteiger partial charge is 0.508 e. The number of benzene rings is 2. The van der Waals surface area contributed by atoms with Gasteiger partial charge in [0, 0.05) is 17.2 Å². The number of ether oxygens (including phenoxy) is 1. The Morgan fingerprint density at radius 1 is 1.10 bits per heavy atom. The van der Waals surface area contributed by atoms with Crippen LogP contribution in [-0.2, 0) is 9.59 Å². The van der Waals surface area contributed by atoms with Gasteiger partial charge < -0.3 is 20.3 Å². The normalized spacial score (nSPS) is 11.5. The maximum Gasteiger partial charge on any atom is 0.328 e. The minimum atomic E-state index is -1.01. The van der Waals surface area contributed by atoms with Gasteiger partial charge in [-0.15, -0.1) is 0 Å². The van der Waals surface area contributed by atoms with E-state index in [2.05, 4.69) is 5.32 Å². The molecule has 0 atom stereocenters. The van der Waals surface area contributed by atoms with Crippen LogP contribution in [0.1, 0.15) is 43.4 Å². The highest BCUT2D eigenvalue weighted by atomic mass is 16.5. The molecule has 0 aliphatic rings. The molecule has 160 valence electrons. The summed E-state index contributed by atoms with van der Waals surface area (Å²) in [7, 11) is 0. The molecule has 0 saturated carbocycles. The zero-order valence-corrected chi connectivity index (χ0v) is 17.9. The lowest BCUT2D eigenvalue weighted by atomic mass is 9.87. The Balaban J connectivity index is 1.85. The summed E-state index contributed by atoms with van der Waals surface area (Å²) >= 11 is 0. The van der Waals surface area contributed by atoms with Crippen LogP contribution in [0.3, 0.4) is 0 Å².